The fraction of sp³-hybridized carbons (Fsp3) is 0.115. The standard InChI is InChI=1S/C26H21ClN2O4S2/c1-16-3-6-18(27)14-22(16)28-24(30)15-33-21-9-4-17(5-10-21)13-23-25(31)29(26(34)35-23)19-7-11-20(32-2)12-8-19/h3-14H,15H2,1-2H3,(H,28,30)/b23-13-. The Hall–Kier alpha value is -3.33. The number of rotatable bonds is 7. The highest BCUT2D eigenvalue weighted by atomic mass is 35.5. The van der Waals surface area contributed by atoms with E-state index in [1.165, 1.54) is 16.7 Å². The van der Waals surface area contributed by atoms with Gasteiger partial charge < -0.3 is 14.8 Å². The number of amides is 2. The van der Waals surface area contributed by atoms with Gasteiger partial charge in [0.15, 0.2) is 10.9 Å². The number of halogens is 1. The molecule has 1 saturated heterocycles. The number of nitrogens with zero attached hydrogens (tertiary/aromatic N) is 1. The minimum absolute atomic E-state index is 0.147. The molecule has 1 aliphatic rings. The number of carbonyl (C=O) groups excluding carboxylic acids is 2. The summed E-state index contributed by atoms with van der Waals surface area (Å²) in [5.74, 6) is 0.764. The molecule has 1 fully saturated rings. The van der Waals surface area contributed by atoms with Crippen molar-refractivity contribution >= 4 is 69.2 Å². The molecule has 1 N–H and O–H groups in total. The van der Waals surface area contributed by atoms with Crippen LogP contribution in [0.15, 0.2) is 71.6 Å². The van der Waals surface area contributed by atoms with Crippen LogP contribution in [0.1, 0.15) is 11.1 Å². The maximum absolute atomic E-state index is 13.0. The second-order valence-electron chi connectivity index (χ2n) is 7.58. The SMILES string of the molecule is COc1ccc(N2C(=O)/C(=C/c3ccc(OCC(=O)Nc4cc(Cl)ccc4C)cc3)SC2=S)cc1. The van der Waals surface area contributed by atoms with Gasteiger partial charge in [-0.2, -0.15) is 0 Å². The van der Waals surface area contributed by atoms with E-state index in [2.05, 4.69) is 5.32 Å². The molecule has 0 bridgehead atoms. The molecule has 1 aliphatic heterocycles. The van der Waals surface area contributed by atoms with Crippen molar-refractivity contribution < 1.29 is 19.1 Å². The largest absolute Gasteiger partial charge is 0.497 e. The Kier molecular flexibility index (Phi) is 7.75. The molecule has 0 aliphatic carbocycles. The van der Waals surface area contributed by atoms with Crippen molar-refractivity contribution in [3.05, 3.63) is 87.8 Å². The molecule has 0 atom stereocenters. The number of nitrogens with one attached hydrogen (secondary N) is 1. The number of benzene rings is 3. The normalized spacial score (nSPS) is 14.4. The Morgan fingerprint density at radius 3 is 2.46 bits per heavy atom. The van der Waals surface area contributed by atoms with Crippen LogP contribution in [0, 0.1) is 6.92 Å². The topological polar surface area (TPSA) is 67.9 Å². The number of hydrogen-bond acceptors (Lipinski definition) is 6. The monoisotopic (exact) mass is 524 g/mol. The molecule has 0 radical (unpaired) electrons. The molecule has 0 spiro atoms. The summed E-state index contributed by atoms with van der Waals surface area (Å²) in [4.78, 5) is 27.2. The average Bonchev–Trinajstić information content (AvgIpc) is 3.13. The third-order valence-electron chi connectivity index (χ3n) is 5.15. The van der Waals surface area contributed by atoms with Crippen LogP contribution < -0.4 is 19.7 Å². The van der Waals surface area contributed by atoms with Gasteiger partial charge in [-0.15, -0.1) is 0 Å². The number of ether oxygens (including phenoxy) is 2. The van der Waals surface area contributed by atoms with Gasteiger partial charge in [-0.05, 0) is 72.7 Å². The Morgan fingerprint density at radius 2 is 1.77 bits per heavy atom. The molecule has 1 heterocycles. The van der Waals surface area contributed by atoms with E-state index < -0.39 is 0 Å². The van der Waals surface area contributed by atoms with Crippen molar-refractivity contribution in [1.29, 1.82) is 0 Å². The molecule has 0 aromatic heterocycles. The highest BCUT2D eigenvalue weighted by Gasteiger charge is 2.33. The first kappa shape index (κ1) is 24.8. The predicted octanol–water partition coefficient (Wildman–Crippen LogP) is 6.08. The molecule has 3 aromatic rings. The molecule has 178 valence electrons. The maximum Gasteiger partial charge on any atom is 0.270 e. The first-order valence-electron chi connectivity index (χ1n) is 10.5. The van der Waals surface area contributed by atoms with Gasteiger partial charge in [-0.25, -0.2) is 0 Å². The molecule has 6 nitrogen and oxygen atoms in total. The van der Waals surface area contributed by atoms with Crippen molar-refractivity contribution in [3.63, 3.8) is 0 Å². The van der Waals surface area contributed by atoms with E-state index in [4.69, 9.17) is 33.3 Å². The molecule has 0 saturated carbocycles. The second-order valence-corrected chi connectivity index (χ2v) is 9.69. The Morgan fingerprint density at radius 1 is 1.09 bits per heavy atom. The summed E-state index contributed by atoms with van der Waals surface area (Å²) in [6.45, 7) is 1.74. The summed E-state index contributed by atoms with van der Waals surface area (Å²) in [5.41, 5.74) is 3.05. The molecule has 3 aromatic carbocycles. The predicted molar refractivity (Wildman–Crippen MR) is 145 cm³/mol. The van der Waals surface area contributed by atoms with Gasteiger partial charge in [0, 0.05) is 10.7 Å². The third-order valence-corrected chi connectivity index (χ3v) is 6.68. The van der Waals surface area contributed by atoms with E-state index in [0.29, 0.717) is 37.1 Å². The number of anilines is 2. The van der Waals surface area contributed by atoms with Gasteiger partial charge in [0.25, 0.3) is 11.8 Å². The highest BCUT2D eigenvalue weighted by molar-refractivity contribution is 8.27. The van der Waals surface area contributed by atoms with Crippen LogP contribution in [0.3, 0.4) is 0 Å². The second kappa shape index (κ2) is 10.9. The number of hydrogen-bond donors (Lipinski definition) is 1. The Balaban J connectivity index is 1.37. The van der Waals surface area contributed by atoms with Gasteiger partial charge in [-0.1, -0.05) is 53.8 Å². The molecule has 35 heavy (non-hydrogen) atoms. The Labute approximate surface area is 217 Å². The van der Waals surface area contributed by atoms with Crippen LogP contribution in [0.25, 0.3) is 6.08 Å². The van der Waals surface area contributed by atoms with Gasteiger partial charge in [0.1, 0.15) is 11.5 Å². The molecule has 2 amide bonds. The summed E-state index contributed by atoms with van der Waals surface area (Å²) < 4.78 is 11.2. The molecule has 9 heteroatoms. The van der Waals surface area contributed by atoms with Crippen molar-refractivity contribution in [1.82, 2.24) is 0 Å². The minimum Gasteiger partial charge on any atom is -0.497 e. The molecule has 0 unspecified atom stereocenters. The van der Waals surface area contributed by atoms with Gasteiger partial charge in [0.05, 0.1) is 17.7 Å². The zero-order valence-corrected chi connectivity index (χ0v) is 21.3. The zero-order valence-electron chi connectivity index (χ0n) is 18.9. The zero-order chi connectivity index (χ0) is 24.9. The maximum atomic E-state index is 13.0. The third kappa shape index (κ3) is 6.03. The first-order valence-corrected chi connectivity index (χ1v) is 12.1. The number of methoxy groups -OCH3 is 1. The smallest absolute Gasteiger partial charge is 0.270 e. The number of carbonyl (C=O) groups is 2. The average molecular weight is 525 g/mol. The van der Waals surface area contributed by atoms with Crippen LogP contribution in [-0.4, -0.2) is 29.9 Å². The van der Waals surface area contributed by atoms with E-state index in [1.54, 1.807) is 61.7 Å². The number of thiocarbonyl (C=S) groups is 1. The van der Waals surface area contributed by atoms with Gasteiger partial charge >= 0.3 is 0 Å². The highest BCUT2D eigenvalue weighted by Crippen LogP contribution is 2.36. The number of thioether (sulfide) groups is 1. The molecule has 4 rings (SSSR count). The summed E-state index contributed by atoms with van der Waals surface area (Å²) >= 11 is 12.7. The summed E-state index contributed by atoms with van der Waals surface area (Å²) in [5, 5.41) is 3.34. The van der Waals surface area contributed by atoms with Crippen LogP contribution in [0.2, 0.25) is 5.02 Å². The Bertz CT molecular complexity index is 1310. The van der Waals surface area contributed by atoms with Crippen LogP contribution in [0.4, 0.5) is 11.4 Å². The quantitative estimate of drug-likeness (QED) is 0.298. The number of aryl methyl sites for hydroxylation is 1. The van der Waals surface area contributed by atoms with Crippen molar-refractivity contribution in [2.45, 2.75) is 6.92 Å². The van der Waals surface area contributed by atoms with Crippen LogP contribution >= 0.6 is 35.6 Å². The minimum atomic E-state index is -0.290. The van der Waals surface area contributed by atoms with Crippen LogP contribution in [-0.2, 0) is 9.59 Å². The lowest BCUT2D eigenvalue weighted by Crippen LogP contribution is -2.27. The molecular formula is C26H21ClN2O4S2. The van der Waals surface area contributed by atoms with Crippen LogP contribution in [0.5, 0.6) is 11.5 Å². The summed E-state index contributed by atoms with van der Waals surface area (Å²) in [6.07, 6.45) is 1.78. The lowest BCUT2D eigenvalue weighted by molar-refractivity contribution is -0.118. The van der Waals surface area contributed by atoms with Crippen molar-refractivity contribution in [2.24, 2.45) is 0 Å². The summed E-state index contributed by atoms with van der Waals surface area (Å²) in [6, 6.07) is 19.6. The summed E-state index contributed by atoms with van der Waals surface area (Å²) in [7, 11) is 1.59. The van der Waals surface area contributed by atoms with Gasteiger partial charge in [0.2, 0.25) is 0 Å². The van der Waals surface area contributed by atoms with Crippen molar-refractivity contribution in [3.8, 4) is 11.5 Å². The van der Waals surface area contributed by atoms with E-state index in [-0.39, 0.29) is 18.4 Å². The van der Waals surface area contributed by atoms with E-state index >= 15 is 0 Å². The lowest BCUT2D eigenvalue weighted by atomic mass is 10.2. The van der Waals surface area contributed by atoms with E-state index in [0.717, 1.165) is 11.1 Å². The fourth-order valence-corrected chi connectivity index (χ4v) is 4.77. The van der Waals surface area contributed by atoms with E-state index in [9.17, 15) is 9.59 Å². The van der Waals surface area contributed by atoms with E-state index in [1.807, 2.05) is 25.1 Å². The van der Waals surface area contributed by atoms with Crippen molar-refractivity contribution in [2.75, 3.05) is 23.9 Å². The first-order chi connectivity index (χ1) is 16.8. The fourth-order valence-electron chi connectivity index (χ4n) is 3.30. The molecular weight excluding hydrogens is 504 g/mol. The van der Waals surface area contributed by atoms with Gasteiger partial charge in [-0.3, -0.25) is 14.5 Å². The lowest BCUT2D eigenvalue weighted by Gasteiger charge is -2.14.